The number of piperidine rings is 1. The van der Waals surface area contributed by atoms with Gasteiger partial charge in [0, 0.05) is 31.1 Å². The van der Waals surface area contributed by atoms with E-state index in [4.69, 9.17) is 11.6 Å². The summed E-state index contributed by atoms with van der Waals surface area (Å²) in [5.41, 5.74) is 1.16. The molecule has 1 aromatic carbocycles. The maximum absolute atomic E-state index is 12.3. The maximum atomic E-state index is 12.3. The quantitative estimate of drug-likeness (QED) is 0.757. The van der Waals surface area contributed by atoms with E-state index in [0.29, 0.717) is 40.8 Å². The van der Waals surface area contributed by atoms with Gasteiger partial charge in [0.15, 0.2) is 0 Å². The van der Waals surface area contributed by atoms with Crippen molar-refractivity contribution >= 4 is 47.2 Å². The number of hydrogen-bond donors (Lipinski definition) is 3. The van der Waals surface area contributed by atoms with Crippen molar-refractivity contribution in [1.29, 1.82) is 0 Å². The monoisotopic (exact) mass is 371 g/mol. The summed E-state index contributed by atoms with van der Waals surface area (Å²) in [6.07, 6.45) is 5.13. The number of anilines is 2. The molecule has 2 saturated heterocycles. The van der Waals surface area contributed by atoms with Crippen LogP contribution in [0, 0.1) is 5.92 Å². The van der Waals surface area contributed by atoms with Crippen LogP contribution >= 0.6 is 24.0 Å². The van der Waals surface area contributed by atoms with Crippen molar-refractivity contribution in [3.8, 4) is 0 Å². The van der Waals surface area contributed by atoms with Crippen LogP contribution in [-0.4, -0.2) is 23.9 Å². The van der Waals surface area contributed by atoms with Crippen molar-refractivity contribution in [3.05, 3.63) is 23.2 Å². The van der Waals surface area contributed by atoms with E-state index in [9.17, 15) is 9.59 Å². The van der Waals surface area contributed by atoms with Gasteiger partial charge in [-0.1, -0.05) is 11.6 Å². The van der Waals surface area contributed by atoms with E-state index in [2.05, 4.69) is 16.0 Å². The first-order chi connectivity index (χ1) is 11.0. The van der Waals surface area contributed by atoms with E-state index >= 15 is 0 Å². The van der Waals surface area contributed by atoms with Crippen molar-refractivity contribution in [3.63, 3.8) is 0 Å². The van der Waals surface area contributed by atoms with Crippen LogP contribution in [0.4, 0.5) is 11.4 Å². The molecule has 2 fully saturated rings. The van der Waals surface area contributed by atoms with Gasteiger partial charge in [-0.2, -0.15) is 0 Å². The smallest absolute Gasteiger partial charge is 0.224 e. The molecule has 7 heteroatoms. The molecule has 1 aromatic rings. The van der Waals surface area contributed by atoms with Crippen LogP contribution < -0.4 is 16.0 Å². The number of fused-ring (bicyclic) bond motifs is 2. The van der Waals surface area contributed by atoms with Crippen LogP contribution in [0.5, 0.6) is 0 Å². The molecule has 2 heterocycles. The zero-order valence-corrected chi connectivity index (χ0v) is 15.2. The average molecular weight is 372 g/mol. The minimum atomic E-state index is -0.158. The molecule has 3 rings (SSSR count). The van der Waals surface area contributed by atoms with Gasteiger partial charge in [0.2, 0.25) is 11.8 Å². The molecular weight excluding hydrogens is 349 g/mol. The highest BCUT2D eigenvalue weighted by atomic mass is 35.5. The fourth-order valence-electron chi connectivity index (χ4n) is 3.71. The lowest BCUT2D eigenvalue weighted by Crippen LogP contribution is -2.39. The fraction of sp³-hybridized carbons (Fsp3) is 0.529. The third kappa shape index (κ3) is 4.85. The van der Waals surface area contributed by atoms with E-state index < -0.39 is 0 Å². The van der Waals surface area contributed by atoms with Gasteiger partial charge < -0.3 is 16.0 Å². The number of carbonyl (C=O) groups is 2. The number of amides is 2. The summed E-state index contributed by atoms with van der Waals surface area (Å²) < 4.78 is 0. The van der Waals surface area contributed by atoms with Crippen LogP contribution in [0.3, 0.4) is 0 Å². The van der Waals surface area contributed by atoms with Crippen molar-refractivity contribution in [2.45, 2.75) is 51.1 Å². The Kier molecular flexibility index (Phi) is 6.49. The Morgan fingerprint density at radius 1 is 1.21 bits per heavy atom. The summed E-state index contributed by atoms with van der Waals surface area (Å²) in [6, 6.07) is 6.24. The largest absolute Gasteiger partial charge is 0.326 e. The molecular formula is C17H23Cl2N3O2. The Labute approximate surface area is 153 Å². The normalized spacial score (nSPS) is 24.8. The van der Waals surface area contributed by atoms with Gasteiger partial charge in [-0.05, 0) is 49.8 Å². The molecule has 0 aromatic heterocycles. The van der Waals surface area contributed by atoms with E-state index in [1.165, 1.54) is 19.8 Å². The molecule has 0 saturated carbocycles. The third-order valence-corrected chi connectivity index (χ3v) is 4.94. The highest BCUT2D eigenvalue weighted by Crippen LogP contribution is 2.33. The Morgan fingerprint density at radius 2 is 1.88 bits per heavy atom. The highest BCUT2D eigenvalue weighted by Gasteiger charge is 2.34. The summed E-state index contributed by atoms with van der Waals surface area (Å²) in [7, 11) is 0. The van der Waals surface area contributed by atoms with Gasteiger partial charge in [-0.25, -0.2) is 0 Å². The molecule has 132 valence electrons. The minimum absolute atomic E-state index is 0. The Hall–Kier alpha value is -1.30. The summed E-state index contributed by atoms with van der Waals surface area (Å²) >= 11 is 6.14. The Morgan fingerprint density at radius 3 is 2.50 bits per heavy atom. The topological polar surface area (TPSA) is 70.2 Å². The second-order valence-electron chi connectivity index (χ2n) is 6.60. The molecule has 2 aliphatic rings. The number of nitrogens with one attached hydrogen (secondary N) is 3. The molecule has 3 N–H and O–H groups in total. The van der Waals surface area contributed by atoms with Gasteiger partial charge in [-0.15, -0.1) is 12.4 Å². The van der Waals surface area contributed by atoms with Gasteiger partial charge in [0.1, 0.15) is 0 Å². The summed E-state index contributed by atoms with van der Waals surface area (Å²) in [5, 5.41) is 9.62. The second-order valence-corrected chi connectivity index (χ2v) is 7.01. The van der Waals surface area contributed by atoms with Crippen molar-refractivity contribution in [2.24, 2.45) is 5.92 Å². The summed E-state index contributed by atoms with van der Waals surface area (Å²) in [6.45, 7) is 1.44. The van der Waals surface area contributed by atoms with Gasteiger partial charge in [0.25, 0.3) is 0 Å². The molecule has 2 aliphatic heterocycles. The second kappa shape index (κ2) is 8.19. The zero-order chi connectivity index (χ0) is 16.4. The number of rotatable bonds is 4. The van der Waals surface area contributed by atoms with Crippen molar-refractivity contribution in [1.82, 2.24) is 5.32 Å². The first-order valence-electron chi connectivity index (χ1n) is 8.12. The molecule has 24 heavy (non-hydrogen) atoms. The average Bonchev–Trinajstić information content (AvgIpc) is 2.81. The lowest BCUT2D eigenvalue weighted by molar-refractivity contribution is -0.117. The summed E-state index contributed by atoms with van der Waals surface area (Å²) in [4.78, 5) is 23.4. The SMILES string of the molecule is CC(=O)Nc1ccc(Cl)c(NC(=O)CC2CC3CCC(C2)N3)c1.Cl. The number of halogens is 2. The highest BCUT2D eigenvalue weighted by molar-refractivity contribution is 6.33. The van der Waals surface area contributed by atoms with Gasteiger partial charge >= 0.3 is 0 Å². The van der Waals surface area contributed by atoms with Crippen LogP contribution in [0.25, 0.3) is 0 Å². The predicted molar refractivity (Wildman–Crippen MR) is 98.9 cm³/mol. The number of hydrogen-bond acceptors (Lipinski definition) is 3. The molecule has 2 bridgehead atoms. The standard InChI is InChI=1S/C17H22ClN3O2.ClH/c1-10(22)19-14-4-5-15(18)16(9-14)21-17(23)8-11-6-12-2-3-13(7-11)20-12;/h4-5,9,11-13,20H,2-3,6-8H2,1H3,(H,19,22)(H,21,23);1H. The van der Waals surface area contributed by atoms with Crippen LogP contribution in [-0.2, 0) is 9.59 Å². The first kappa shape index (κ1) is 19.0. The third-order valence-electron chi connectivity index (χ3n) is 4.61. The first-order valence-corrected chi connectivity index (χ1v) is 8.50. The Balaban J connectivity index is 0.00000208. The molecule has 2 atom stereocenters. The molecule has 0 spiro atoms. The number of carbonyl (C=O) groups excluding carboxylic acids is 2. The lowest BCUT2D eigenvalue weighted by Gasteiger charge is -2.28. The van der Waals surface area contributed by atoms with Gasteiger partial charge in [-0.3, -0.25) is 9.59 Å². The molecule has 5 nitrogen and oxygen atoms in total. The van der Waals surface area contributed by atoms with E-state index in [1.807, 2.05) is 0 Å². The van der Waals surface area contributed by atoms with Crippen molar-refractivity contribution < 1.29 is 9.59 Å². The number of benzene rings is 1. The molecule has 2 unspecified atom stereocenters. The molecule has 2 amide bonds. The van der Waals surface area contributed by atoms with E-state index in [1.54, 1.807) is 18.2 Å². The van der Waals surface area contributed by atoms with Gasteiger partial charge in [0.05, 0.1) is 10.7 Å². The van der Waals surface area contributed by atoms with Crippen molar-refractivity contribution in [2.75, 3.05) is 10.6 Å². The fourth-order valence-corrected chi connectivity index (χ4v) is 3.87. The summed E-state index contributed by atoms with van der Waals surface area (Å²) in [5.74, 6) is 0.263. The van der Waals surface area contributed by atoms with E-state index in [-0.39, 0.29) is 24.2 Å². The maximum Gasteiger partial charge on any atom is 0.224 e. The lowest BCUT2D eigenvalue weighted by atomic mass is 9.89. The van der Waals surface area contributed by atoms with E-state index in [0.717, 1.165) is 12.8 Å². The van der Waals surface area contributed by atoms with Crippen LogP contribution in [0.2, 0.25) is 5.02 Å². The zero-order valence-electron chi connectivity index (χ0n) is 13.6. The predicted octanol–water partition coefficient (Wildman–Crippen LogP) is 3.58. The van der Waals surface area contributed by atoms with Crippen LogP contribution in [0.1, 0.15) is 39.0 Å². The Bertz CT molecular complexity index is 612. The molecule has 0 radical (unpaired) electrons. The minimum Gasteiger partial charge on any atom is -0.326 e. The van der Waals surface area contributed by atoms with Crippen LogP contribution in [0.15, 0.2) is 18.2 Å². The molecule has 0 aliphatic carbocycles.